The van der Waals surface area contributed by atoms with E-state index in [0.717, 1.165) is 11.3 Å². The maximum absolute atomic E-state index is 12.5. The summed E-state index contributed by atoms with van der Waals surface area (Å²) in [6.07, 6.45) is 4.37. The molecule has 118 valence electrons. The summed E-state index contributed by atoms with van der Waals surface area (Å²) in [7, 11) is 0. The van der Waals surface area contributed by atoms with Gasteiger partial charge in [-0.1, -0.05) is 24.3 Å². The van der Waals surface area contributed by atoms with Gasteiger partial charge < -0.3 is 9.88 Å². The van der Waals surface area contributed by atoms with Gasteiger partial charge in [0.1, 0.15) is 0 Å². The highest BCUT2D eigenvalue weighted by atomic mass is 32.1. The van der Waals surface area contributed by atoms with E-state index in [1.807, 2.05) is 49.0 Å². The molecule has 1 aromatic carbocycles. The lowest BCUT2D eigenvalue weighted by atomic mass is 9.98. The number of aryl methyl sites for hydroxylation is 2. The van der Waals surface area contributed by atoms with Gasteiger partial charge in [0, 0.05) is 17.8 Å². The lowest BCUT2D eigenvalue weighted by Crippen LogP contribution is -2.20. The molecular weight excluding hydrogens is 306 g/mol. The first-order valence-electron chi connectivity index (χ1n) is 7.53. The Balaban J connectivity index is 1.82. The minimum absolute atomic E-state index is 0.0211. The minimum Gasteiger partial charge on any atom is -0.346 e. The Hall–Kier alpha value is -2.40. The number of amides is 1. The van der Waals surface area contributed by atoms with Crippen LogP contribution in [0.2, 0.25) is 0 Å². The van der Waals surface area contributed by atoms with Crippen molar-refractivity contribution >= 4 is 22.4 Å². The van der Waals surface area contributed by atoms with Crippen LogP contribution in [0.1, 0.15) is 29.3 Å². The van der Waals surface area contributed by atoms with E-state index in [1.165, 1.54) is 16.9 Å². The molecule has 0 fully saturated rings. The van der Waals surface area contributed by atoms with Gasteiger partial charge in [-0.2, -0.15) is 0 Å². The average Bonchev–Trinajstić information content (AvgIpc) is 3.18. The van der Waals surface area contributed by atoms with Gasteiger partial charge in [0.2, 0.25) is 5.91 Å². The van der Waals surface area contributed by atoms with Gasteiger partial charge in [-0.3, -0.25) is 4.79 Å². The molecule has 1 atom stereocenters. The van der Waals surface area contributed by atoms with E-state index >= 15 is 0 Å². The maximum atomic E-state index is 12.5. The Morgan fingerprint density at radius 3 is 2.61 bits per heavy atom. The zero-order valence-corrected chi connectivity index (χ0v) is 14.0. The number of rotatable bonds is 5. The van der Waals surface area contributed by atoms with Crippen molar-refractivity contribution in [2.45, 2.75) is 26.3 Å². The van der Waals surface area contributed by atoms with Crippen molar-refractivity contribution < 1.29 is 4.79 Å². The van der Waals surface area contributed by atoms with Crippen molar-refractivity contribution in [1.82, 2.24) is 9.55 Å². The summed E-state index contributed by atoms with van der Waals surface area (Å²) in [5, 5.41) is 5.49. The number of hydrogen-bond donors (Lipinski definition) is 1. The summed E-state index contributed by atoms with van der Waals surface area (Å²) in [6.45, 7) is 4.00. The van der Waals surface area contributed by atoms with Gasteiger partial charge in [0.15, 0.2) is 5.13 Å². The maximum Gasteiger partial charge on any atom is 0.228 e. The second-order valence-corrected chi connectivity index (χ2v) is 6.41. The van der Waals surface area contributed by atoms with E-state index in [1.54, 1.807) is 0 Å². The van der Waals surface area contributed by atoms with Crippen LogP contribution in [0.15, 0.2) is 54.2 Å². The van der Waals surface area contributed by atoms with Gasteiger partial charge in [-0.05, 0) is 37.1 Å². The molecule has 0 radical (unpaired) electrons. The van der Waals surface area contributed by atoms with E-state index in [9.17, 15) is 4.79 Å². The zero-order valence-electron chi connectivity index (χ0n) is 13.2. The van der Waals surface area contributed by atoms with E-state index in [2.05, 4.69) is 33.9 Å². The molecule has 2 aromatic heterocycles. The fourth-order valence-electron chi connectivity index (χ4n) is 2.65. The Labute approximate surface area is 139 Å². The molecule has 5 heteroatoms. The van der Waals surface area contributed by atoms with E-state index in [4.69, 9.17) is 0 Å². The first-order chi connectivity index (χ1) is 11.1. The van der Waals surface area contributed by atoms with Crippen LogP contribution in [0.5, 0.6) is 0 Å². The number of aromatic nitrogens is 2. The molecule has 0 aliphatic carbocycles. The summed E-state index contributed by atoms with van der Waals surface area (Å²) >= 11 is 1.45. The highest BCUT2D eigenvalue weighted by Gasteiger charge is 2.19. The lowest BCUT2D eigenvalue weighted by Gasteiger charge is -2.21. The lowest BCUT2D eigenvalue weighted by molar-refractivity contribution is -0.116. The largest absolute Gasteiger partial charge is 0.346 e. The van der Waals surface area contributed by atoms with Crippen molar-refractivity contribution in [1.29, 1.82) is 0 Å². The molecule has 4 nitrogen and oxygen atoms in total. The van der Waals surface area contributed by atoms with Gasteiger partial charge in [-0.15, -0.1) is 11.3 Å². The molecule has 1 N–H and O–H groups in total. The molecule has 1 amide bonds. The van der Waals surface area contributed by atoms with Crippen molar-refractivity contribution in [3.63, 3.8) is 0 Å². The number of carbonyl (C=O) groups excluding carboxylic acids is 1. The number of carbonyl (C=O) groups is 1. The van der Waals surface area contributed by atoms with E-state index in [-0.39, 0.29) is 11.9 Å². The molecule has 0 saturated heterocycles. The van der Waals surface area contributed by atoms with Gasteiger partial charge in [-0.25, -0.2) is 4.98 Å². The van der Waals surface area contributed by atoms with Gasteiger partial charge >= 0.3 is 0 Å². The molecule has 2 heterocycles. The van der Waals surface area contributed by atoms with Crippen molar-refractivity contribution in [2.75, 3.05) is 5.32 Å². The summed E-state index contributed by atoms with van der Waals surface area (Å²) in [5.74, 6) is -0.0266. The molecule has 0 saturated carbocycles. The normalized spacial score (nSPS) is 12.1. The molecule has 0 aliphatic heterocycles. The Morgan fingerprint density at radius 1 is 1.22 bits per heavy atom. The van der Waals surface area contributed by atoms with Crippen molar-refractivity contribution in [3.05, 3.63) is 71.0 Å². The molecule has 0 bridgehead atoms. The highest BCUT2D eigenvalue weighted by Crippen LogP contribution is 2.26. The number of nitrogens with zero attached hydrogens (tertiary/aromatic N) is 2. The second-order valence-electron chi connectivity index (χ2n) is 5.55. The van der Waals surface area contributed by atoms with Crippen molar-refractivity contribution in [2.24, 2.45) is 0 Å². The summed E-state index contributed by atoms with van der Waals surface area (Å²) in [6, 6.07) is 12.1. The fourth-order valence-corrected chi connectivity index (χ4v) is 3.35. The zero-order chi connectivity index (χ0) is 16.2. The smallest absolute Gasteiger partial charge is 0.228 e. The second kappa shape index (κ2) is 6.79. The third-order valence-electron chi connectivity index (χ3n) is 3.78. The quantitative estimate of drug-likeness (QED) is 0.765. The fraction of sp³-hybridized carbons (Fsp3) is 0.222. The summed E-state index contributed by atoms with van der Waals surface area (Å²) < 4.78 is 2.08. The van der Waals surface area contributed by atoms with Gasteiger partial charge in [0.25, 0.3) is 0 Å². The van der Waals surface area contributed by atoms with E-state index in [0.29, 0.717) is 11.6 Å². The minimum atomic E-state index is -0.0266. The van der Waals surface area contributed by atoms with Crippen LogP contribution in [0, 0.1) is 13.8 Å². The Morgan fingerprint density at radius 2 is 1.96 bits per heavy atom. The number of hydrogen-bond acceptors (Lipinski definition) is 3. The number of anilines is 1. The van der Waals surface area contributed by atoms with E-state index < -0.39 is 0 Å². The first-order valence-corrected chi connectivity index (χ1v) is 8.41. The standard InChI is InChI=1S/C18H19N3OS/c1-13-7-3-4-8-15(13)16(21-9-5-6-10-21)11-17(22)20-18-19-14(2)12-23-18/h3-10,12,16H,11H2,1-2H3,(H,19,20,22)/t16-/m1/s1. The van der Waals surface area contributed by atoms with Crippen LogP contribution in [0.4, 0.5) is 5.13 Å². The van der Waals surface area contributed by atoms with Crippen LogP contribution in [0.25, 0.3) is 0 Å². The molecule has 0 aliphatic rings. The predicted octanol–water partition coefficient (Wildman–Crippen LogP) is 4.18. The monoisotopic (exact) mass is 325 g/mol. The number of nitrogens with one attached hydrogen (secondary N) is 1. The van der Waals surface area contributed by atoms with Crippen LogP contribution in [0.3, 0.4) is 0 Å². The third-order valence-corrected chi connectivity index (χ3v) is 4.65. The predicted molar refractivity (Wildman–Crippen MR) is 93.8 cm³/mol. The first kappa shape index (κ1) is 15.5. The summed E-state index contributed by atoms with van der Waals surface area (Å²) in [5.41, 5.74) is 3.27. The average molecular weight is 325 g/mol. The molecular formula is C18H19N3OS. The number of thiazole rings is 1. The van der Waals surface area contributed by atoms with Gasteiger partial charge in [0.05, 0.1) is 18.2 Å². The summed E-state index contributed by atoms with van der Waals surface area (Å²) in [4.78, 5) is 16.7. The molecule has 23 heavy (non-hydrogen) atoms. The molecule has 0 spiro atoms. The molecule has 3 aromatic rings. The van der Waals surface area contributed by atoms with Crippen LogP contribution >= 0.6 is 11.3 Å². The number of benzene rings is 1. The highest BCUT2D eigenvalue weighted by molar-refractivity contribution is 7.13. The topological polar surface area (TPSA) is 46.9 Å². The van der Waals surface area contributed by atoms with Crippen LogP contribution < -0.4 is 5.32 Å². The molecule has 0 unspecified atom stereocenters. The van der Waals surface area contributed by atoms with Crippen LogP contribution in [-0.4, -0.2) is 15.5 Å². The SMILES string of the molecule is Cc1csc(NC(=O)C[C@H](c2ccccc2C)n2cccc2)n1. The molecule has 3 rings (SSSR count). The Bertz CT molecular complexity index is 792. The Kier molecular flexibility index (Phi) is 4.57. The third kappa shape index (κ3) is 3.68. The van der Waals surface area contributed by atoms with Crippen molar-refractivity contribution in [3.8, 4) is 0 Å². The van der Waals surface area contributed by atoms with Crippen LogP contribution in [-0.2, 0) is 4.79 Å².